The van der Waals surface area contributed by atoms with Crippen molar-refractivity contribution >= 4 is 21.5 Å². The lowest BCUT2D eigenvalue weighted by molar-refractivity contribution is 0.450. The van der Waals surface area contributed by atoms with Crippen LogP contribution >= 0.6 is 0 Å². The van der Waals surface area contributed by atoms with Crippen molar-refractivity contribution in [2.75, 3.05) is 0 Å². The zero-order chi connectivity index (χ0) is 22.9. The van der Waals surface area contributed by atoms with Crippen molar-refractivity contribution in [3.63, 3.8) is 0 Å². The molecule has 0 heterocycles. The Kier molecular flexibility index (Phi) is 9.60. The zero-order valence-corrected chi connectivity index (χ0v) is 21.1. The minimum atomic E-state index is 0.598. The number of fused-ring (bicyclic) bond motifs is 2. The van der Waals surface area contributed by atoms with Crippen LogP contribution in [0.5, 0.6) is 0 Å². The van der Waals surface area contributed by atoms with Gasteiger partial charge in [0.1, 0.15) is 0 Å². The molecule has 0 aliphatic carbocycles. The zero-order valence-electron chi connectivity index (χ0n) is 21.1. The fourth-order valence-corrected chi connectivity index (χ4v) is 5.47. The number of nitrogens with two attached hydrogens (primary N) is 1. The Hall–Kier alpha value is -1.86. The molecule has 0 aliphatic rings. The lowest BCUT2D eigenvalue weighted by Gasteiger charge is -2.20. The smallest absolute Gasteiger partial charge is 0.0190 e. The van der Waals surface area contributed by atoms with Crippen molar-refractivity contribution in [1.29, 1.82) is 0 Å². The molecule has 0 saturated carbocycles. The fourth-order valence-electron chi connectivity index (χ4n) is 5.47. The van der Waals surface area contributed by atoms with Crippen LogP contribution in [0.15, 0.2) is 42.5 Å². The first-order chi connectivity index (χ1) is 15.7. The van der Waals surface area contributed by atoms with Crippen LogP contribution in [0.1, 0.15) is 95.8 Å². The molecule has 2 unspecified atom stereocenters. The molecular weight excluding hydrogens is 386 g/mol. The second-order valence-electron chi connectivity index (χ2n) is 9.83. The van der Waals surface area contributed by atoms with Gasteiger partial charge in [0.25, 0.3) is 0 Å². The molecule has 0 fully saturated rings. The van der Waals surface area contributed by atoms with E-state index in [1.165, 1.54) is 102 Å². The number of hydrogen-bond acceptors (Lipinski definition) is 1. The van der Waals surface area contributed by atoms with E-state index in [2.05, 4.69) is 70.2 Å². The van der Waals surface area contributed by atoms with E-state index in [1.807, 2.05) is 0 Å². The molecule has 0 radical (unpaired) electrons. The topological polar surface area (TPSA) is 26.0 Å². The second-order valence-corrected chi connectivity index (χ2v) is 9.83. The maximum Gasteiger partial charge on any atom is 0.0190 e. The summed E-state index contributed by atoms with van der Waals surface area (Å²) in [5.74, 6) is 1.54. The summed E-state index contributed by atoms with van der Waals surface area (Å²) in [5, 5.41) is 5.59. The van der Waals surface area contributed by atoms with Crippen LogP contribution in [0, 0.1) is 11.8 Å². The first kappa shape index (κ1) is 24.8. The first-order valence-electron chi connectivity index (χ1n) is 13.3. The molecule has 0 bridgehead atoms. The number of benzene rings is 3. The quantitative estimate of drug-likeness (QED) is 0.268. The molecule has 0 aromatic heterocycles. The van der Waals surface area contributed by atoms with Gasteiger partial charge in [0, 0.05) is 6.54 Å². The van der Waals surface area contributed by atoms with E-state index in [1.54, 1.807) is 0 Å². The molecule has 1 heteroatoms. The van der Waals surface area contributed by atoms with E-state index >= 15 is 0 Å². The van der Waals surface area contributed by atoms with Gasteiger partial charge in [0.2, 0.25) is 0 Å². The van der Waals surface area contributed by atoms with Gasteiger partial charge < -0.3 is 5.73 Å². The maximum atomic E-state index is 6.37. The average Bonchev–Trinajstić information content (AvgIpc) is 2.83. The van der Waals surface area contributed by atoms with Gasteiger partial charge in [-0.3, -0.25) is 0 Å². The van der Waals surface area contributed by atoms with Crippen LogP contribution in [0.3, 0.4) is 0 Å². The molecule has 1 nitrogen and oxygen atoms in total. The number of unbranched alkanes of at least 4 members (excludes halogenated alkanes) is 2. The summed E-state index contributed by atoms with van der Waals surface area (Å²) in [6, 6.07) is 16.3. The minimum absolute atomic E-state index is 0.598. The molecule has 174 valence electrons. The van der Waals surface area contributed by atoms with Gasteiger partial charge in [-0.15, -0.1) is 0 Å². The van der Waals surface area contributed by atoms with E-state index in [0.717, 1.165) is 11.8 Å². The highest BCUT2D eigenvalue weighted by Crippen LogP contribution is 2.35. The molecule has 0 aliphatic heterocycles. The second kappa shape index (κ2) is 12.4. The molecule has 32 heavy (non-hydrogen) atoms. The molecule has 2 N–H and O–H groups in total. The average molecular weight is 432 g/mol. The molecule has 3 aromatic carbocycles. The van der Waals surface area contributed by atoms with Gasteiger partial charge in [-0.2, -0.15) is 0 Å². The summed E-state index contributed by atoms with van der Waals surface area (Å²) in [6.07, 6.45) is 12.8. The fraction of sp³-hybridized carbons (Fsp3) is 0.548. The molecule has 3 rings (SSSR count). The van der Waals surface area contributed by atoms with E-state index < -0.39 is 0 Å². The SMILES string of the molecule is CCCCC(CC)Cc1cccc2c(CN)c3cccc(CC(CC)CCCC)c3cc12. The van der Waals surface area contributed by atoms with Crippen molar-refractivity contribution in [2.24, 2.45) is 17.6 Å². The summed E-state index contributed by atoms with van der Waals surface area (Å²) in [4.78, 5) is 0. The Morgan fingerprint density at radius 3 is 1.50 bits per heavy atom. The number of hydrogen-bond donors (Lipinski definition) is 1. The largest absolute Gasteiger partial charge is 0.326 e. The van der Waals surface area contributed by atoms with E-state index in [9.17, 15) is 0 Å². The van der Waals surface area contributed by atoms with Gasteiger partial charge in [0.15, 0.2) is 0 Å². The van der Waals surface area contributed by atoms with Crippen molar-refractivity contribution in [1.82, 2.24) is 0 Å². The molecule has 0 amide bonds. The Bertz CT molecular complexity index is 911. The minimum Gasteiger partial charge on any atom is -0.326 e. The molecule has 3 aromatic rings. The molecular formula is C31H45N. The highest BCUT2D eigenvalue weighted by atomic mass is 14.5. The first-order valence-corrected chi connectivity index (χ1v) is 13.3. The Labute approximate surface area is 196 Å². The third kappa shape index (κ3) is 5.73. The summed E-state index contributed by atoms with van der Waals surface area (Å²) in [7, 11) is 0. The third-order valence-electron chi connectivity index (χ3n) is 7.64. The van der Waals surface area contributed by atoms with Crippen molar-refractivity contribution in [3.05, 3.63) is 59.2 Å². The van der Waals surface area contributed by atoms with Crippen LogP contribution in [0.25, 0.3) is 21.5 Å². The van der Waals surface area contributed by atoms with Crippen LogP contribution < -0.4 is 5.73 Å². The monoisotopic (exact) mass is 431 g/mol. The summed E-state index contributed by atoms with van der Waals surface area (Å²) >= 11 is 0. The van der Waals surface area contributed by atoms with Crippen LogP contribution in [-0.4, -0.2) is 0 Å². The maximum absolute atomic E-state index is 6.37. The summed E-state index contributed by atoms with van der Waals surface area (Å²) < 4.78 is 0. The lowest BCUT2D eigenvalue weighted by atomic mass is 9.85. The lowest BCUT2D eigenvalue weighted by Crippen LogP contribution is -2.07. The number of rotatable bonds is 13. The Morgan fingerprint density at radius 2 is 1.12 bits per heavy atom. The van der Waals surface area contributed by atoms with Gasteiger partial charge in [-0.05, 0) is 69.0 Å². The van der Waals surface area contributed by atoms with Gasteiger partial charge in [0.05, 0.1) is 0 Å². The molecule has 0 saturated heterocycles. The predicted molar refractivity (Wildman–Crippen MR) is 143 cm³/mol. The van der Waals surface area contributed by atoms with Gasteiger partial charge >= 0.3 is 0 Å². The summed E-state index contributed by atoms with van der Waals surface area (Å²) in [5.41, 5.74) is 10.7. The van der Waals surface area contributed by atoms with E-state index in [-0.39, 0.29) is 0 Å². The van der Waals surface area contributed by atoms with Gasteiger partial charge in [-0.1, -0.05) is 115 Å². The molecule has 0 spiro atoms. The highest BCUT2D eigenvalue weighted by molar-refractivity contribution is 6.04. The summed E-state index contributed by atoms with van der Waals surface area (Å²) in [6.45, 7) is 9.91. The van der Waals surface area contributed by atoms with Gasteiger partial charge in [-0.25, -0.2) is 0 Å². The predicted octanol–water partition coefficient (Wildman–Crippen LogP) is 8.97. The van der Waals surface area contributed by atoms with Crippen molar-refractivity contribution in [2.45, 2.75) is 98.4 Å². The standard InChI is InChI=1S/C31H45N/c1-5-9-13-23(7-3)19-25-15-11-17-27-29(25)21-30-26(20-24(8-4)14-10-6-2)16-12-18-28(30)31(27)22-32/h11-12,15-18,21,23-24H,5-10,13-14,19-20,22,32H2,1-4H3. The van der Waals surface area contributed by atoms with Crippen molar-refractivity contribution in [3.8, 4) is 0 Å². The van der Waals surface area contributed by atoms with E-state index in [4.69, 9.17) is 5.73 Å². The Morgan fingerprint density at radius 1 is 0.656 bits per heavy atom. The van der Waals surface area contributed by atoms with Crippen LogP contribution in [0.4, 0.5) is 0 Å². The highest BCUT2D eigenvalue weighted by Gasteiger charge is 2.16. The van der Waals surface area contributed by atoms with Crippen molar-refractivity contribution < 1.29 is 0 Å². The Balaban J connectivity index is 2.10. The normalized spacial score (nSPS) is 13.7. The van der Waals surface area contributed by atoms with Crippen LogP contribution in [-0.2, 0) is 19.4 Å². The van der Waals surface area contributed by atoms with E-state index in [0.29, 0.717) is 6.54 Å². The molecule has 2 atom stereocenters. The third-order valence-corrected chi connectivity index (χ3v) is 7.64. The van der Waals surface area contributed by atoms with Crippen LogP contribution in [0.2, 0.25) is 0 Å².